The maximum absolute atomic E-state index is 10.3. The number of nitrogens with zero attached hydrogens (tertiary/aromatic N) is 1. The normalized spacial score (nSPS) is 8.45. The molecule has 0 aromatic carbocycles. The van der Waals surface area contributed by atoms with Gasteiger partial charge in [0.15, 0.2) is 0 Å². The van der Waals surface area contributed by atoms with Crippen LogP contribution < -0.4 is 0 Å². The number of aromatic carboxylic acids is 1. The van der Waals surface area contributed by atoms with Crippen LogP contribution in [0.25, 0.3) is 0 Å². The van der Waals surface area contributed by atoms with Crippen molar-refractivity contribution in [3.8, 4) is 0 Å². The van der Waals surface area contributed by atoms with Gasteiger partial charge in [0, 0.05) is 5.69 Å². The second-order valence-corrected chi connectivity index (χ2v) is 1.97. The molecule has 0 unspecified atom stereocenters. The van der Waals surface area contributed by atoms with Crippen LogP contribution in [-0.4, -0.2) is 16.1 Å². The number of carboxylic acids is 1. The van der Waals surface area contributed by atoms with Crippen molar-refractivity contribution in [1.82, 2.24) is 4.98 Å². The van der Waals surface area contributed by atoms with Crippen LogP contribution in [0.1, 0.15) is 16.2 Å². The van der Waals surface area contributed by atoms with Gasteiger partial charge in [-0.25, -0.2) is 9.78 Å². The van der Waals surface area contributed by atoms with Gasteiger partial charge in [0.05, 0.1) is 0 Å². The minimum Gasteiger partial charge on any atom is -0.477 e. The number of pyridine rings is 1. The molecule has 0 fully saturated rings. The van der Waals surface area contributed by atoms with Crippen LogP contribution in [0.2, 0.25) is 0 Å². The van der Waals surface area contributed by atoms with Crippen LogP contribution in [0.4, 0.5) is 0 Å². The molecule has 0 radical (unpaired) electrons. The Bertz CT molecular complexity index is 262. The van der Waals surface area contributed by atoms with E-state index in [4.69, 9.17) is 5.11 Å². The van der Waals surface area contributed by atoms with Crippen LogP contribution >= 0.6 is 0 Å². The summed E-state index contributed by atoms with van der Waals surface area (Å²) in [6, 6.07) is 4.90. The van der Waals surface area contributed by atoms with E-state index in [1.54, 1.807) is 19.1 Å². The van der Waals surface area contributed by atoms with Crippen LogP contribution in [0.15, 0.2) is 18.2 Å². The van der Waals surface area contributed by atoms with Gasteiger partial charge in [-0.2, -0.15) is 0 Å². The van der Waals surface area contributed by atoms with Crippen molar-refractivity contribution in [2.45, 2.75) is 6.92 Å². The number of aryl methyl sites for hydroxylation is 1. The summed E-state index contributed by atoms with van der Waals surface area (Å²) in [5, 5.41) is 8.45. The number of carbonyl (C=O) groups is 1. The van der Waals surface area contributed by atoms with Gasteiger partial charge in [0.1, 0.15) is 5.69 Å². The molecule has 0 bridgehead atoms. The topological polar surface area (TPSA) is 50.2 Å². The molecule has 0 saturated carbocycles. The standard InChI is InChI=1S/C7H7NO2.Zn/c1-5-3-2-4-6(8-5)7(9)10;/h2-4H,1H3,(H,9,10);/q;+2. The number of hydrogen-bond donors (Lipinski definition) is 1. The Balaban J connectivity index is 0.000001000. The molecule has 0 aliphatic carbocycles. The predicted molar refractivity (Wildman–Crippen MR) is 35.9 cm³/mol. The first-order chi connectivity index (χ1) is 4.70. The molecule has 0 aliphatic heterocycles. The van der Waals surface area contributed by atoms with E-state index in [1.807, 2.05) is 0 Å². The molecule has 0 aliphatic rings. The maximum atomic E-state index is 10.3. The monoisotopic (exact) mass is 201 g/mol. The van der Waals surface area contributed by atoms with Crippen molar-refractivity contribution in [3.63, 3.8) is 0 Å². The van der Waals surface area contributed by atoms with Crippen molar-refractivity contribution >= 4 is 5.97 Å². The summed E-state index contributed by atoms with van der Waals surface area (Å²) >= 11 is 0. The molecule has 52 valence electrons. The van der Waals surface area contributed by atoms with Gasteiger partial charge in [-0.1, -0.05) is 6.07 Å². The molecular weight excluding hydrogens is 195 g/mol. The second-order valence-electron chi connectivity index (χ2n) is 1.97. The number of carboxylic acid groups (broad SMARTS) is 1. The summed E-state index contributed by atoms with van der Waals surface area (Å²) in [5.74, 6) is -0.983. The first-order valence-corrected chi connectivity index (χ1v) is 2.87. The maximum Gasteiger partial charge on any atom is 2.00 e. The van der Waals surface area contributed by atoms with E-state index in [1.165, 1.54) is 6.07 Å². The number of rotatable bonds is 1. The molecular formula is C7H7NO2Zn+2. The van der Waals surface area contributed by atoms with Gasteiger partial charge >= 0.3 is 25.4 Å². The van der Waals surface area contributed by atoms with Crippen molar-refractivity contribution in [1.29, 1.82) is 0 Å². The molecule has 4 heteroatoms. The Morgan fingerprint density at radius 2 is 2.18 bits per heavy atom. The van der Waals surface area contributed by atoms with Crippen molar-refractivity contribution < 1.29 is 29.4 Å². The molecule has 0 atom stereocenters. The summed E-state index contributed by atoms with van der Waals surface area (Å²) in [6.07, 6.45) is 0. The average molecular weight is 203 g/mol. The van der Waals surface area contributed by atoms with E-state index in [2.05, 4.69) is 4.98 Å². The Morgan fingerprint density at radius 1 is 1.55 bits per heavy atom. The molecule has 0 spiro atoms. The SMILES string of the molecule is Cc1cccc(C(=O)O)n1.[Zn+2]. The minimum atomic E-state index is -0.983. The quantitative estimate of drug-likeness (QED) is 0.694. The third kappa shape index (κ3) is 2.77. The first kappa shape index (κ1) is 10.2. The Morgan fingerprint density at radius 3 is 2.55 bits per heavy atom. The average Bonchev–Trinajstić information content (AvgIpc) is 1.88. The fourth-order valence-corrected chi connectivity index (χ4v) is 0.662. The molecule has 0 amide bonds. The molecule has 3 nitrogen and oxygen atoms in total. The molecule has 1 aromatic rings. The Hall–Kier alpha value is -0.757. The van der Waals surface area contributed by atoms with Crippen LogP contribution in [0.5, 0.6) is 0 Å². The summed E-state index contributed by atoms with van der Waals surface area (Å²) in [5.41, 5.74) is 0.819. The first-order valence-electron chi connectivity index (χ1n) is 2.87. The summed E-state index contributed by atoms with van der Waals surface area (Å²) in [6.45, 7) is 1.76. The zero-order valence-corrected chi connectivity index (χ0v) is 9.21. The summed E-state index contributed by atoms with van der Waals surface area (Å²) < 4.78 is 0. The fraction of sp³-hybridized carbons (Fsp3) is 0.143. The van der Waals surface area contributed by atoms with Gasteiger partial charge in [-0.15, -0.1) is 0 Å². The summed E-state index contributed by atoms with van der Waals surface area (Å²) in [4.78, 5) is 14.1. The molecule has 1 rings (SSSR count). The van der Waals surface area contributed by atoms with Crippen LogP contribution in [0, 0.1) is 6.92 Å². The van der Waals surface area contributed by atoms with Crippen LogP contribution in [0.3, 0.4) is 0 Å². The smallest absolute Gasteiger partial charge is 0.477 e. The minimum absolute atomic E-state index is 0. The van der Waals surface area contributed by atoms with Gasteiger partial charge in [0.2, 0.25) is 0 Å². The van der Waals surface area contributed by atoms with E-state index >= 15 is 0 Å². The second kappa shape index (κ2) is 4.19. The molecule has 1 N–H and O–H groups in total. The zero-order valence-electron chi connectivity index (χ0n) is 6.24. The van der Waals surface area contributed by atoms with E-state index in [0.717, 1.165) is 5.69 Å². The van der Waals surface area contributed by atoms with E-state index < -0.39 is 5.97 Å². The molecule has 11 heavy (non-hydrogen) atoms. The van der Waals surface area contributed by atoms with Crippen molar-refractivity contribution in [2.24, 2.45) is 0 Å². The third-order valence-electron chi connectivity index (χ3n) is 1.11. The number of hydrogen-bond acceptors (Lipinski definition) is 2. The van der Waals surface area contributed by atoms with E-state index in [-0.39, 0.29) is 25.2 Å². The van der Waals surface area contributed by atoms with Gasteiger partial charge < -0.3 is 5.11 Å². The van der Waals surface area contributed by atoms with Gasteiger partial charge in [-0.05, 0) is 19.1 Å². The van der Waals surface area contributed by atoms with Crippen LogP contribution in [-0.2, 0) is 19.5 Å². The molecule has 0 saturated heterocycles. The molecule has 1 aromatic heterocycles. The molecule has 1 heterocycles. The number of aromatic nitrogens is 1. The van der Waals surface area contributed by atoms with Gasteiger partial charge in [-0.3, -0.25) is 0 Å². The van der Waals surface area contributed by atoms with E-state index in [0.29, 0.717) is 0 Å². The zero-order chi connectivity index (χ0) is 7.56. The van der Waals surface area contributed by atoms with E-state index in [9.17, 15) is 4.79 Å². The van der Waals surface area contributed by atoms with Crippen molar-refractivity contribution in [3.05, 3.63) is 29.6 Å². The Labute approximate surface area is 77.2 Å². The fourth-order valence-electron chi connectivity index (χ4n) is 0.662. The summed E-state index contributed by atoms with van der Waals surface area (Å²) in [7, 11) is 0. The third-order valence-corrected chi connectivity index (χ3v) is 1.11. The Kier molecular flexibility index (Phi) is 3.90. The van der Waals surface area contributed by atoms with Crippen molar-refractivity contribution in [2.75, 3.05) is 0 Å². The van der Waals surface area contributed by atoms with Gasteiger partial charge in [0.25, 0.3) is 0 Å². The largest absolute Gasteiger partial charge is 2.00 e. The predicted octanol–water partition coefficient (Wildman–Crippen LogP) is 1.09.